The lowest BCUT2D eigenvalue weighted by Gasteiger charge is -2.04. The Morgan fingerprint density at radius 1 is 1.11 bits per heavy atom. The molecular weight excluding hydrogens is 351 g/mol. The molecule has 1 heterocycles. The third-order valence-electron chi connectivity index (χ3n) is 4.44. The van der Waals surface area contributed by atoms with E-state index in [2.05, 4.69) is 5.32 Å². The second kappa shape index (κ2) is 6.21. The maximum absolute atomic E-state index is 13.5. The number of nitro groups is 1. The molecule has 27 heavy (non-hydrogen) atoms. The van der Waals surface area contributed by atoms with Gasteiger partial charge in [-0.05, 0) is 24.4 Å². The van der Waals surface area contributed by atoms with Crippen LogP contribution in [0.4, 0.5) is 15.8 Å². The minimum atomic E-state index is -0.968. The molecule has 4 aromatic rings. The second-order valence-corrected chi connectivity index (χ2v) is 6.10. The minimum absolute atomic E-state index is 0.105. The Kier molecular flexibility index (Phi) is 3.84. The molecule has 1 aromatic heterocycles. The first-order valence-electron chi connectivity index (χ1n) is 8.12. The highest BCUT2D eigenvalue weighted by Crippen LogP contribution is 2.32. The largest absolute Gasteiger partial charge is 0.450 e. The monoisotopic (exact) mass is 364 g/mol. The summed E-state index contributed by atoms with van der Waals surface area (Å²) in [4.78, 5) is 22.7. The van der Waals surface area contributed by atoms with Gasteiger partial charge in [0.1, 0.15) is 5.58 Å². The van der Waals surface area contributed by atoms with Gasteiger partial charge in [-0.2, -0.15) is 4.39 Å². The Bertz CT molecular complexity index is 1230. The fourth-order valence-corrected chi connectivity index (χ4v) is 3.08. The molecule has 0 radical (unpaired) electrons. The van der Waals surface area contributed by atoms with E-state index < -0.39 is 22.3 Å². The van der Waals surface area contributed by atoms with Crippen molar-refractivity contribution >= 4 is 39.0 Å². The first-order chi connectivity index (χ1) is 13.0. The van der Waals surface area contributed by atoms with Crippen LogP contribution in [0.5, 0.6) is 0 Å². The average Bonchev–Trinajstić information content (AvgIpc) is 3.00. The van der Waals surface area contributed by atoms with Crippen molar-refractivity contribution in [2.24, 2.45) is 0 Å². The van der Waals surface area contributed by atoms with Gasteiger partial charge in [-0.15, -0.1) is 0 Å². The van der Waals surface area contributed by atoms with E-state index in [4.69, 9.17) is 4.42 Å². The molecule has 0 bridgehead atoms. The zero-order chi connectivity index (χ0) is 19.1. The smallest absolute Gasteiger partial charge is 0.306 e. The van der Waals surface area contributed by atoms with E-state index >= 15 is 0 Å². The summed E-state index contributed by atoms with van der Waals surface area (Å²) in [5, 5.41) is 16.1. The Morgan fingerprint density at radius 3 is 2.67 bits per heavy atom. The molecule has 134 valence electrons. The van der Waals surface area contributed by atoms with Gasteiger partial charge >= 0.3 is 5.69 Å². The summed E-state index contributed by atoms with van der Waals surface area (Å²) in [6.45, 7) is 1.77. The zero-order valence-electron chi connectivity index (χ0n) is 14.2. The maximum Gasteiger partial charge on any atom is 0.306 e. The summed E-state index contributed by atoms with van der Waals surface area (Å²) in [5.41, 5.74) is 0.656. The van der Waals surface area contributed by atoms with Crippen LogP contribution in [0.1, 0.15) is 16.1 Å². The molecule has 0 spiro atoms. The van der Waals surface area contributed by atoms with Crippen LogP contribution in [0, 0.1) is 22.9 Å². The van der Waals surface area contributed by atoms with Gasteiger partial charge in [-0.3, -0.25) is 14.9 Å². The number of rotatable bonds is 3. The van der Waals surface area contributed by atoms with E-state index in [1.165, 1.54) is 6.07 Å². The van der Waals surface area contributed by atoms with E-state index in [-0.39, 0.29) is 11.4 Å². The highest BCUT2D eigenvalue weighted by atomic mass is 19.1. The van der Waals surface area contributed by atoms with Crippen molar-refractivity contribution in [3.63, 3.8) is 0 Å². The molecule has 1 N–H and O–H groups in total. The number of hydrogen-bond acceptors (Lipinski definition) is 4. The number of nitrogens with one attached hydrogen (secondary N) is 1. The lowest BCUT2D eigenvalue weighted by Crippen LogP contribution is -2.12. The van der Waals surface area contributed by atoms with E-state index in [9.17, 15) is 19.3 Å². The van der Waals surface area contributed by atoms with Crippen molar-refractivity contribution < 1.29 is 18.5 Å². The summed E-state index contributed by atoms with van der Waals surface area (Å²) in [6.07, 6.45) is 0. The van der Waals surface area contributed by atoms with Gasteiger partial charge in [-0.25, -0.2) is 0 Å². The van der Waals surface area contributed by atoms with Crippen molar-refractivity contribution in [2.45, 2.75) is 6.92 Å². The lowest BCUT2D eigenvalue weighted by atomic mass is 10.1. The molecule has 4 rings (SSSR count). The normalized spacial score (nSPS) is 11.0. The van der Waals surface area contributed by atoms with Crippen molar-refractivity contribution in [2.75, 3.05) is 5.32 Å². The maximum atomic E-state index is 13.5. The molecule has 0 saturated heterocycles. The molecule has 0 saturated carbocycles. The van der Waals surface area contributed by atoms with E-state index in [1.807, 2.05) is 36.4 Å². The highest BCUT2D eigenvalue weighted by Gasteiger charge is 2.21. The fourth-order valence-electron chi connectivity index (χ4n) is 3.08. The molecule has 0 aliphatic rings. The molecule has 0 aliphatic carbocycles. The molecular formula is C20H13FN2O4. The van der Waals surface area contributed by atoms with E-state index in [1.54, 1.807) is 6.92 Å². The van der Waals surface area contributed by atoms with Gasteiger partial charge in [0.05, 0.1) is 4.92 Å². The number of furan rings is 1. The summed E-state index contributed by atoms with van der Waals surface area (Å²) in [6, 6.07) is 14.7. The molecule has 7 heteroatoms. The van der Waals surface area contributed by atoms with Gasteiger partial charge in [0.15, 0.2) is 5.76 Å². The number of benzene rings is 3. The number of amides is 1. The van der Waals surface area contributed by atoms with Crippen LogP contribution >= 0.6 is 0 Å². The number of anilines is 1. The van der Waals surface area contributed by atoms with Crippen molar-refractivity contribution in [3.8, 4) is 0 Å². The summed E-state index contributed by atoms with van der Waals surface area (Å²) >= 11 is 0. The highest BCUT2D eigenvalue weighted by molar-refractivity contribution is 6.11. The Balaban J connectivity index is 1.75. The zero-order valence-corrected chi connectivity index (χ0v) is 14.2. The van der Waals surface area contributed by atoms with Crippen LogP contribution < -0.4 is 5.32 Å². The van der Waals surface area contributed by atoms with Gasteiger partial charge in [0, 0.05) is 28.1 Å². The van der Waals surface area contributed by atoms with Crippen molar-refractivity contribution in [1.29, 1.82) is 0 Å². The average molecular weight is 364 g/mol. The molecule has 0 fully saturated rings. The minimum Gasteiger partial charge on any atom is -0.450 e. The van der Waals surface area contributed by atoms with E-state index in [0.29, 0.717) is 11.1 Å². The van der Waals surface area contributed by atoms with Gasteiger partial charge in [0.2, 0.25) is 5.82 Å². The fraction of sp³-hybridized carbons (Fsp3) is 0.0500. The lowest BCUT2D eigenvalue weighted by molar-refractivity contribution is -0.387. The predicted molar refractivity (Wildman–Crippen MR) is 99.5 cm³/mol. The number of carbonyl (C=O) groups excluding carboxylic acids is 1. The van der Waals surface area contributed by atoms with Crippen molar-refractivity contribution in [3.05, 3.63) is 81.9 Å². The SMILES string of the molecule is Cc1c(C(=O)Nc2ccc(F)c([N+](=O)[O-])c2)oc2c1ccc1ccccc12. The topological polar surface area (TPSA) is 85.4 Å². The Hall–Kier alpha value is -3.74. The summed E-state index contributed by atoms with van der Waals surface area (Å²) < 4.78 is 19.3. The second-order valence-electron chi connectivity index (χ2n) is 6.10. The van der Waals surface area contributed by atoms with Crippen molar-refractivity contribution in [1.82, 2.24) is 0 Å². The van der Waals surface area contributed by atoms with Crippen LogP contribution in [-0.4, -0.2) is 10.8 Å². The first-order valence-corrected chi connectivity index (χ1v) is 8.12. The Labute approximate surface area is 152 Å². The Morgan fingerprint density at radius 2 is 1.89 bits per heavy atom. The molecule has 6 nitrogen and oxygen atoms in total. The molecule has 0 aliphatic heterocycles. The van der Waals surface area contributed by atoms with Crippen LogP contribution in [0.25, 0.3) is 21.7 Å². The molecule has 0 unspecified atom stereocenters. The van der Waals surface area contributed by atoms with Gasteiger partial charge in [-0.1, -0.05) is 36.4 Å². The van der Waals surface area contributed by atoms with Crippen LogP contribution in [0.2, 0.25) is 0 Å². The molecule has 1 amide bonds. The number of hydrogen-bond donors (Lipinski definition) is 1. The number of halogens is 1. The molecule has 3 aromatic carbocycles. The number of aryl methyl sites for hydroxylation is 1. The predicted octanol–water partition coefficient (Wildman–Crippen LogP) is 5.19. The van der Waals surface area contributed by atoms with Crippen LogP contribution in [-0.2, 0) is 0 Å². The van der Waals surface area contributed by atoms with Gasteiger partial charge < -0.3 is 9.73 Å². The third kappa shape index (κ3) is 2.79. The van der Waals surface area contributed by atoms with Crippen LogP contribution in [0.15, 0.2) is 59.0 Å². The molecule has 0 atom stereocenters. The quantitative estimate of drug-likeness (QED) is 0.400. The standard InChI is InChI=1S/C20H13FN2O4/c1-11-14-8-6-12-4-2-3-5-15(12)19(14)27-18(11)20(24)22-13-7-9-16(21)17(10-13)23(25)26/h2-10H,1H3,(H,22,24). The number of carbonyl (C=O) groups is 1. The van der Waals surface area contributed by atoms with E-state index in [0.717, 1.165) is 28.3 Å². The summed E-state index contributed by atoms with van der Waals surface area (Å²) in [7, 11) is 0. The summed E-state index contributed by atoms with van der Waals surface area (Å²) in [5.74, 6) is -1.42. The van der Waals surface area contributed by atoms with Gasteiger partial charge in [0.25, 0.3) is 5.91 Å². The first kappa shape index (κ1) is 16.7. The van der Waals surface area contributed by atoms with Crippen LogP contribution in [0.3, 0.4) is 0 Å². The number of fused-ring (bicyclic) bond motifs is 3. The third-order valence-corrected chi connectivity index (χ3v) is 4.44. The number of nitrogens with zero attached hydrogens (tertiary/aromatic N) is 1. The number of nitro benzene ring substituents is 1.